The molecule has 1 fully saturated rings. The van der Waals surface area contributed by atoms with E-state index in [9.17, 15) is 14.7 Å². The second-order valence-corrected chi connectivity index (χ2v) is 10.7. The summed E-state index contributed by atoms with van der Waals surface area (Å²) in [7, 11) is 3.49. The lowest BCUT2D eigenvalue weighted by Gasteiger charge is -2.32. The molecule has 9 heteroatoms. The van der Waals surface area contributed by atoms with Crippen LogP contribution in [0, 0.1) is 6.92 Å². The van der Waals surface area contributed by atoms with E-state index in [-0.39, 0.29) is 11.8 Å². The van der Waals surface area contributed by atoms with Gasteiger partial charge in [0.15, 0.2) is 5.88 Å². The number of benzene rings is 3. The van der Waals surface area contributed by atoms with Crippen LogP contribution >= 0.6 is 0 Å². The van der Waals surface area contributed by atoms with E-state index in [1.807, 2.05) is 43.3 Å². The van der Waals surface area contributed by atoms with Crippen LogP contribution in [0.15, 0.2) is 71.7 Å². The van der Waals surface area contributed by atoms with Crippen molar-refractivity contribution in [3.8, 4) is 5.88 Å². The van der Waals surface area contributed by atoms with Crippen LogP contribution in [0.5, 0.6) is 5.88 Å². The number of H-pyrrole nitrogens is 1. The van der Waals surface area contributed by atoms with Crippen LogP contribution in [0.3, 0.4) is 0 Å². The number of hydrogen-bond acceptors (Lipinski definition) is 7. The molecule has 1 aromatic heterocycles. The highest BCUT2D eigenvalue weighted by molar-refractivity contribution is 6.22. The van der Waals surface area contributed by atoms with Crippen molar-refractivity contribution in [1.82, 2.24) is 20.1 Å². The molecule has 1 amide bonds. The minimum atomic E-state index is -0.443. The summed E-state index contributed by atoms with van der Waals surface area (Å²) in [5.41, 5.74) is 4.84. The fraction of sp³-hybridized carbons (Fsp3) is 0.303. The van der Waals surface area contributed by atoms with E-state index in [1.54, 1.807) is 30.3 Å². The number of esters is 1. The minimum absolute atomic E-state index is 0.0541. The van der Waals surface area contributed by atoms with Gasteiger partial charge >= 0.3 is 5.97 Å². The third-order valence-electron chi connectivity index (χ3n) is 7.72. The van der Waals surface area contributed by atoms with Gasteiger partial charge < -0.3 is 29.9 Å². The summed E-state index contributed by atoms with van der Waals surface area (Å²) in [5.74, 6) is -0.610. The maximum Gasteiger partial charge on any atom is 0.338 e. The number of piperazine rings is 1. The zero-order valence-corrected chi connectivity index (χ0v) is 24.3. The number of ether oxygens (including phenoxy) is 1. The maximum absolute atomic E-state index is 12.8. The number of nitrogens with one attached hydrogen (secondary N) is 2. The van der Waals surface area contributed by atoms with Crippen molar-refractivity contribution < 1.29 is 19.4 Å². The van der Waals surface area contributed by atoms with Crippen LogP contribution in [0.1, 0.15) is 43.8 Å². The number of amides is 1. The van der Waals surface area contributed by atoms with Crippen molar-refractivity contribution in [3.63, 3.8) is 0 Å². The summed E-state index contributed by atoms with van der Waals surface area (Å²) >= 11 is 0. The number of likely N-dealkylation sites (N-methyl/N-ethyl adjacent to an activating group) is 1. The van der Waals surface area contributed by atoms with Crippen LogP contribution in [0.2, 0.25) is 0 Å². The highest BCUT2D eigenvalue weighted by Gasteiger charge is 2.21. The van der Waals surface area contributed by atoms with Crippen molar-refractivity contribution in [2.75, 3.05) is 53.4 Å². The van der Waals surface area contributed by atoms with Crippen LogP contribution in [-0.4, -0.2) is 90.9 Å². The zero-order valence-electron chi connectivity index (χ0n) is 24.3. The molecule has 2 heterocycles. The predicted octanol–water partition coefficient (Wildman–Crippen LogP) is 4.50. The summed E-state index contributed by atoms with van der Waals surface area (Å²) < 4.78 is 4.91. The molecule has 1 saturated heterocycles. The van der Waals surface area contributed by atoms with E-state index in [4.69, 9.17) is 9.73 Å². The summed E-state index contributed by atoms with van der Waals surface area (Å²) in [5, 5.41) is 14.8. The SMILES string of the molecule is COC(=O)c1cc2[nH]c(O)c(C(=Nc3ccc(C(=O)NCCCN4CCN(C)CC4)cc3)c3ccccc3)c2cc1C. The Morgan fingerprint density at radius 1 is 1.00 bits per heavy atom. The Balaban J connectivity index is 1.36. The molecule has 0 aliphatic carbocycles. The second-order valence-electron chi connectivity index (χ2n) is 10.7. The molecule has 0 bridgehead atoms. The molecule has 0 atom stereocenters. The van der Waals surface area contributed by atoms with Gasteiger partial charge in [-0.3, -0.25) is 4.79 Å². The predicted molar refractivity (Wildman–Crippen MR) is 165 cm³/mol. The van der Waals surface area contributed by atoms with Crippen molar-refractivity contribution >= 4 is 34.2 Å². The van der Waals surface area contributed by atoms with Crippen LogP contribution in [-0.2, 0) is 4.74 Å². The van der Waals surface area contributed by atoms with Gasteiger partial charge in [0.2, 0.25) is 0 Å². The molecule has 5 rings (SSSR count). The summed E-state index contributed by atoms with van der Waals surface area (Å²) in [6, 6.07) is 20.3. The monoisotopic (exact) mass is 567 g/mol. The molecule has 42 heavy (non-hydrogen) atoms. The number of fused-ring (bicyclic) bond motifs is 1. The number of aromatic amines is 1. The standard InChI is InChI=1S/C33H37N5O4/c1-22-20-27-28(21-26(22)33(41)42-3)36-32(40)29(27)30(23-8-5-4-6-9-23)35-25-12-10-24(11-13-25)31(39)34-14-7-15-38-18-16-37(2)17-19-38/h4-6,8-13,20-21,36,40H,7,14-19H2,1-3H3,(H,34,39). The molecule has 0 spiro atoms. The van der Waals surface area contributed by atoms with E-state index >= 15 is 0 Å². The van der Waals surface area contributed by atoms with E-state index < -0.39 is 5.97 Å². The van der Waals surface area contributed by atoms with Gasteiger partial charge in [-0.1, -0.05) is 30.3 Å². The van der Waals surface area contributed by atoms with Gasteiger partial charge in [-0.25, -0.2) is 9.79 Å². The molecular formula is C33H37N5O4. The average molecular weight is 568 g/mol. The summed E-state index contributed by atoms with van der Waals surface area (Å²) in [6.45, 7) is 7.75. The lowest BCUT2D eigenvalue weighted by atomic mass is 9.98. The molecule has 1 aliphatic heterocycles. The van der Waals surface area contributed by atoms with Crippen molar-refractivity contribution in [2.45, 2.75) is 13.3 Å². The third-order valence-corrected chi connectivity index (χ3v) is 7.72. The topological polar surface area (TPSA) is 110 Å². The van der Waals surface area contributed by atoms with E-state index in [0.717, 1.165) is 55.7 Å². The van der Waals surface area contributed by atoms with Crippen molar-refractivity contribution in [3.05, 3.63) is 94.5 Å². The molecule has 9 nitrogen and oxygen atoms in total. The highest BCUT2D eigenvalue weighted by Crippen LogP contribution is 2.33. The number of carbonyl (C=O) groups is 2. The quantitative estimate of drug-likeness (QED) is 0.156. The Morgan fingerprint density at radius 3 is 2.40 bits per heavy atom. The fourth-order valence-corrected chi connectivity index (χ4v) is 5.26. The van der Waals surface area contributed by atoms with Gasteiger partial charge in [0.05, 0.1) is 29.6 Å². The molecule has 3 aromatic carbocycles. The smallest absolute Gasteiger partial charge is 0.338 e. The van der Waals surface area contributed by atoms with Gasteiger partial charge in [-0.05, 0) is 68.9 Å². The van der Waals surface area contributed by atoms with Gasteiger partial charge in [0, 0.05) is 54.8 Å². The first-order valence-electron chi connectivity index (χ1n) is 14.2. The average Bonchev–Trinajstić information content (AvgIpc) is 3.32. The second kappa shape index (κ2) is 13.0. The number of aromatic hydroxyl groups is 1. The maximum atomic E-state index is 12.8. The lowest BCUT2D eigenvalue weighted by molar-refractivity contribution is 0.0600. The summed E-state index contributed by atoms with van der Waals surface area (Å²) in [4.78, 5) is 37.7. The molecule has 0 saturated carbocycles. The summed E-state index contributed by atoms with van der Waals surface area (Å²) in [6.07, 6.45) is 0.910. The number of hydrogen-bond donors (Lipinski definition) is 3. The van der Waals surface area contributed by atoms with Gasteiger partial charge in [0.1, 0.15) is 0 Å². The number of methoxy groups -OCH3 is 1. The minimum Gasteiger partial charge on any atom is -0.494 e. The lowest BCUT2D eigenvalue weighted by Crippen LogP contribution is -2.45. The first-order valence-corrected chi connectivity index (χ1v) is 14.2. The van der Waals surface area contributed by atoms with Crippen LogP contribution < -0.4 is 5.32 Å². The van der Waals surface area contributed by atoms with Gasteiger partial charge in [0.25, 0.3) is 5.91 Å². The first kappa shape index (κ1) is 29.0. The highest BCUT2D eigenvalue weighted by atomic mass is 16.5. The number of aliphatic imine (C=N–C) groups is 1. The van der Waals surface area contributed by atoms with E-state index in [2.05, 4.69) is 27.1 Å². The first-order chi connectivity index (χ1) is 20.3. The number of aryl methyl sites for hydroxylation is 1. The molecule has 1 aliphatic rings. The van der Waals surface area contributed by atoms with E-state index in [0.29, 0.717) is 40.2 Å². The number of nitrogens with zero attached hydrogens (tertiary/aromatic N) is 3. The number of aromatic nitrogens is 1. The molecular weight excluding hydrogens is 530 g/mol. The Kier molecular flexibility index (Phi) is 9.00. The Bertz CT molecular complexity index is 1590. The van der Waals surface area contributed by atoms with Crippen molar-refractivity contribution in [1.29, 1.82) is 0 Å². The van der Waals surface area contributed by atoms with Crippen LogP contribution in [0.25, 0.3) is 10.9 Å². The molecule has 0 unspecified atom stereocenters. The van der Waals surface area contributed by atoms with Crippen LogP contribution in [0.4, 0.5) is 5.69 Å². The fourth-order valence-electron chi connectivity index (χ4n) is 5.26. The zero-order chi connectivity index (χ0) is 29.6. The van der Waals surface area contributed by atoms with Gasteiger partial charge in [-0.15, -0.1) is 0 Å². The molecule has 218 valence electrons. The molecule has 3 N–H and O–H groups in total. The van der Waals surface area contributed by atoms with Crippen molar-refractivity contribution in [2.24, 2.45) is 4.99 Å². The largest absolute Gasteiger partial charge is 0.494 e. The molecule has 0 radical (unpaired) electrons. The number of rotatable bonds is 9. The van der Waals surface area contributed by atoms with Gasteiger partial charge in [-0.2, -0.15) is 0 Å². The third kappa shape index (κ3) is 6.53. The normalized spacial score (nSPS) is 14.7. The Hall–Kier alpha value is -4.47. The number of carbonyl (C=O) groups excluding carboxylic acids is 2. The Labute approximate surface area is 245 Å². The van der Waals surface area contributed by atoms with E-state index in [1.165, 1.54) is 7.11 Å². The molecule has 4 aromatic rings. The Morgan fingerprint density at radius 2 is 1.71 bits per heavy atom.